The summed E-state index contributed by atoms with van der Waals surface area (Å²) in [7, 11) is 0. The average molecular weight is 299 g/mol. The number of hydrogen-bond donors (Lipinski definition) is 1. The summed E-state index contributed by atoms with van der Waals surface area (Å²) in [5.74, 6) is -0.0257. The van der Waals surface area contributed by atoms with Crippen LogP contribution < -0.4 is 5.32 Å². The van der Waals surface area contributed by atoms with Crippen molar-refractivity contribution in [2.24, 2.45) is 0 Å². The molecule has 3 rings (SSSR count). The Morgan fingerprint density at radius 3 is 2.68 bits per heavy atom. The van der Waals surface area contributed by atoms with Crippen LogP contribution in [0.2, 0.25) is 0 Å². The third kappa shape index (κ3) is 3.75. The SMILES string of the molecule is O=C(NCCN1CCOCC1)c1cccc(-n2cccc2)c1. The first-order valence-electron chi connectivity index (χ1n) is 7.65. The maximum Gasteiger partial charge on any atom is 0.251 e. The molecule has 0 atom stereocenters. The van der Waals surface area contributed by atoms with Gasteiger partial charge in [0.05, 0.1) is 13.2 Å². The molecule has 1 saturated heterocycles. The summed E-state index contributed by atoms with van der Waals surface area (Å²) < 4.78 is 7.30. The number of carbonyl (C=O) groups is 1. The average Bonchev–Trinajstić information content (AvgIpc) is 3.10. The molecule has 0 aliphatic carbocycles. The van der Waals surface area contributed by atoms with Crippen LogP contribution in [-0.4, -0.2) is 54.8 Å². The van der Waals surface area contributed by atoms with Crippen LogP contribution in [0.15, 0.2) is 48.8 Å². The van der Waals surface area contributed by atoms with Gasteiger partial charge in [-0.3, -0.25) is 9.69 Å². The molecule has 1 amide bonds. The minimum Gasteiger partial charge on any atom is -0.379 e. The van der Waals surface area contributed by atoms with Gasteiger partial charge in [-0.25, -0.2) is 0 Å². The van der Waals surface area contributed by atoms with Crippen LogP contribution in [0.5, 0.6) is 0 Å². The summed E-state index contributed by atoms with van der Waals surface area (Å²) >= 11 is 0. The van der Waals surface area contributed by atoms with E-state index >= 15 is 0 Å². The van der Waals surface area contributed by atoms with Crippen molar-refractivity contribution in [1.82, 2.24) is 14.8 Å². The Hall–Kier alpha value is -2.11. The van der Waals surface area contributed by atoms with E-state index in [2.05, 4.69) is 10.2 Å². The third-order valence-corrected chi connectivity index (χ3v) is 3.83. The molecule has 2 heterocycles. The Morgan fingerprint density at radius 2 is 1.91 bits per heavy atom. The lowest BCUT2D eigenvalue weighted by Crippen LogP contribution is -2.41. The van der Waals surface area contributed by atoms with E-state index in [1.807, 2.05) is 53.4 Å². The second kappa shape index (κ2) is 7.24. The Labute approximate surface area is 130 Å². The number of hydrogen-bond acceptors (Lipinski definition) is 3. The minimum atomic E-state index is -0.0257. The molecular weight excluding hydrogens is 278 g/mol. The van der Waals surface area contributed by atoms with Gasteiger partial charge in [0, 0.05) is 49.8 Å². The standard InChI is InChI=1S/C17H21N3O2/c21-17(18-6-9-19-10-12-22-13-11-19)15-4-3-5-16(14-15)20-7-1-2-8-20/h1-5,7-8,14H,6,9-13H2,(H,18,21). The topological polar surface area (TPSA) is 46.5 Å². The highest BCUT2D eigenvalue weighted by Crippen LogP contribution is 2.10. The molecule has 116 valence electrons. The summed E-state index contributed by atoms with van der Waals surface area (Å²) in [5, 5.41) is 2.99. The van der Waals surface area contributed by atoms with E-state index in [9.17, 15) is 4.79 Å². The largest absolute Gasteiger partial charge is 0.379 e. The molecule has 0 radical (unpaired) electrons. The van der Waals surface area contributed by atoms with Gasteiger partial charge in [-0.05, 0) is 30.3 Å². The van der Waals surface area contributed by atoms with E-state index in [1.54, 1.807) is 0 Å². The monoisotopic (exact) mass is 299 g/mol. The number of nitrogens with zero attached hydrogens (tertiary/aromatic N) is 2. The van der Waals surface area contributed by atoms with Crippen LogP contribution in [0.4, 0.5) is 0 Å². The summed E-state index contributed by atoms with van der Waals surface area (Å²) in [6, 6.07) is 11.6. The van der Waals surface area contributed by atoms with Gasteiger partial charge < -0.3 is 14.6 Å². The lowest BCUT2D eigenvalue weighted by molar-refractivity contribution is 0.0383. The Bertz CT molecular complexity index is 604. The maximum atomic E-state index is 12.2. The first-order chi connectivity index (χ1) is 10.8. The van der Waals surface area contributed by atoms with Crippen molar-refractivity contribution >= 4 is 5.91 Å². The number of nitrogens with one attached hydrogen (secondary N) is 1. The van der Waals surface area contributed by atoms with Gasteiger partial charge in [0.1, 0.15) is 0 Å². The molecule has 0 bridgehead atoms. The summed E-state index contributed by atoms with van der Waals surface area (Å²) in [4.78, 5) is 14.6. The third-order valence-electron chi connectivity index (χ3n) is 3.83. The number of ether oxygens (including phenoxy) is 1. The summed E-state index contributed by atoms with van der Waals surface area (Å²) in [6.07, 6.45) is 3.94. The number of amides is 1. The van der Waals surface area contributed by atoms with E-state index in [0.717, 1.165) is 38.5 Å². The molecule has 5 heteroatoms. The lowest BCUT2D eigenvalue weighted by atomic mass is 10.2. The number of rotatable bonds is 5. The Morgan fingerprint density at radius 1 is 1.14 bits per heavy atom. The fraction of sp³-hybridized carbons (Fsp3) is 0.353. The van der Waals surface area contributed by atoms with Crippen molar-refractivity contribution in [3.8, 4) is 5.69 Å². The zero-order valence-corrected chi connectivity index (χ0v) is 12.6. The van der Waals surface area contributed by atoms with Crippen molar-refractivity contribution in [3.05, 3.63) is 54.4 Å². The predicted molar refractivity (Wildman–Crippen MR) is 85.4 cm³/mol. The fourth-order valence-electron chi connectivity index (χ4n) is 2.57. The fourth-order valence-corrected chi connectivity index (χ4v) is 2.57. The van der Waals surface area contributed by atoms with Crippen molar-refractivity contribution in [3.63, 3.8) is 0 Å². The highest BCUT2D eigenvalue weighted by Gasteiger charge is 2.11. The van der Waals surface area contributed by atoms with E-state index < -0.39 is 0 Å². The van der Waals surface area contributed by atoms with Crippen LogP contribution >= 0.6 is 0 Å². The molecule has 1 N–H and O–H groups in total. The molecule has 1 aliphatic heterocycles. The highest BCUT2D eigenvalue weighted by molar-refractivity contribution is 5.94. The zero-order valence-electron chi connectivity index (χ0n) is 12.6. The first kappa shape index (κ1) is 14.8. The molecule has 1 aromatic carbocycles. The second-order valence-corrected chi connectivity index (χ2v) is 5.35. The molecule has 2 aromatic rings. The van der Waals surface area contributed by atoms with Gasteiger partial charge in [0.25, 0.3) is 5.91 Å². The van der Waals surface area contributed by atoms with E-state index in [4.69, 9.17) is 4.74 Å². The van der Waals surface area contributed by atoms with E-state index in [1.165, 1.54) is 0 Å². The van der Waals surface area contributed by atoms with Crippen LogP contribution in [0, 0.1) is 0 Å². The summed E-state index contributed by atoms with van der Waals surface area (Å²) in [5.41, 5.74) is 1.68. The van der Waals surface area contributed by atoms with Crippen LogP contribution in [-0.2, 0) is 4.74 Å². The highest BCUT2D eigenvalue weighted by atomic mass is 16.5. The summed E-state index contributed by atoms with van der Waals surface area (Å²) in [6.45, 7) is 4.98. The maximum absolute atomic E-state index is 12.2. The van der Waals surface area contributed by atoms with E-state index in [-0.39, 0.29) is 5.91 Å². The van der Waals surface area contributed by atoms with Crippen molar-refractivity contribution in [2.75, 3.05) is 39.4 Å². The number of morpholine rings is 1. The number of aromatic nitrogens is 1. The van der Waals surface area contributed by atoms with Gasteiger partial charge >= 0.3 is 0 Å². The first-order valence-corrected chi connectivity index (χ1v) is 7.65. The predicted octanol–water partition coefficient (Wildman–Crippen LogP) is 1.54. The van der Waals surface area contributed by atoms with Gasteiger partial charge in [-0.15, -0.1) is 0 Å². The molecule has 0 saturated carbocycles. The van der Waals surface area contributed by atoms with Crippen LogP contribution in [0.3, 0.4) is 0 Å². The van der Waals surface area contributed by atoms with Crippen molar-refractivity contribution in [1.29, 1.82) is 0 Å². The Balaban J connectivity index is 1.54. The Kier molecular flexibility index (Phi) is 4.88. The van der Waals surface area contributed by atoms with Crippen molar-refractivity contribution in [2.45, 2.75) is 0 Å². The molecule has 1 aliphatic rings. The molecule has 1 fully saturated rings. The molecular formula is C17H21N3O2. The second-order valence-electron chi connectivity index (χ2n) is 5.35. The smallest absolute Gasteiger partial charge is 0.251 e. The van der Waals surface area contributed by atoms with E-state index in [0.29, 0.717) is 12.1 Å². The molecule has 1 aromatic heterocycles. The molecule has 0 unspecified atom stereocenters. The van der Waals surface area contributed by atoms with Gasteiger partial charge in [-0.1, -0.05) is 6.07 Å². The number of benzene rings is 1. The number of carbonyl (C=O) groups excluding carboxylic acids is 1. The van der Waals surface area contributed by atoms with Gasteiger partial charge in [0.2, 0.25) is 0 Å². The lowest BCUT2D eigenvalue weighted by Gasteiger charge is -2.26. The molecule has 22 heavy (non-hydrogen) atoms. The van der Waals surface area contributed by atoms with Crippen molar-refractivity contribution < 1.29 is 9.53 Å². The minimum absolute atomic E-state index is 0.0257. The zero-order chi connectivity index (χ0) is 15.2. The molecule has 5 nitrogen and oxygen atoms in total. The van der Waals surface area contributed by atoms with Gasteiger partial charge in [0.15, 0.2) is 0 Å². The molecule has 0 spiro atoms. The normalized spacial score (nSPS) is 15.6. The quantitative estimate of drug-likeness (QED) is 0.911. The van der Waals surface area contributed by atoms with Crippen LogP contribution in [0.1, 0.15) is 10.4 Å². The van der Waals surface area contributed by atoms with Crippen LogP contribution in [0.25, 0.3) is 5.69 Å². The van der Waals surface area contributed by atoms with Gasteiger partial charge in [-0.2, -0.15) is 0 Å².